The van der Waals surface area contributed by atoms with E-state index in [1.54, 1.807) is 7.11 Å². The second-order valence-corrected chi connectivity index (χ2v) is 3.92. The molecule has 1 heterocycles. The fourth-order valence-corrected chi connectivity index (χ4v) is 1.79. The van der Waals surface area contributed by atoms with Gasteiger partial charge in [0.1, 0.15) is 0 Å². The number of benzene rings is 1. The highest BCUT2D eigenvalue weighted by Crippen LogP contribution is 2.13. The number of aromatic nitrogens is 1. The number of fused-ring (bicyclic) bond motifs is 1. The van der Waals surface area contributed by atoms with E-state index in [9.17, 15) is 0 Å². The number of hydrogen-bond acceptors (Lipinski definition) is 2. The summed E-state index contributed by atoms with van der Waals surface area (Å²) < 4.78 is 5.00. The highest BCUT2D eigenvalue weighted by atomic mass is 35.5. The third kappa shape index (κ3) is 4.04. The highest BCUT2D eigenvalue weighted by Gasteiger charge is 1.96. The van der Waals surface area contributed by atoms with Crippen molar-refractivity contribution >= 4 is 23.3 Å². The van der Waals surface area contributed by atoms with Gasteiger partial charge in [-0.2, -0.15) is 0 Å². The minimum absolute atomic E-state index is 0. The van der Waals surface area contributed by atoms with Crippen molar-refractivity contribution in [1.29, 1.82) is 0 Å². The molecule has 0 saturated carbocycles. The van der Waals surface area contributed by atoms with Crippen LogP contribution in [0.5, 0.6) is 0 Å². The Morgan fingerprint density at radius 3 is 3.00 bits per heavy atom. The van der Waals surface area contributed by atoms with E-state index < -0.39 is 0 Å². The highest BCUT2D eigenvalue weighted by molar-refractivity contribution is 5.85. The second kappa shape index (κ2) is 7.33. The molecule has 1 aromatic heterocycles. The minimum atomic E-state index is 0. The lowest BCUT2D eigenvalue weighted by atomic mass is 10.1. The van der Waals surface area contributed by atoms with Crippen molar-refractivity contribution in [2.75, 3.05) is 20.3 Å². The van der Waals surface area contributed by atoms with Gasteiger partial charge in [-0.1, -0.05) is 6.07 Å². The average Bonchev–Trinajstić information content (AvgIpc) is 2.76. The molecule has 0 unspecified atom stereocenters. The van der Waals surface area contributed by atoms with Crippen LogP contribution in [0.2, 0.25) is 0 Å². The maximum atomic E-state index is 5.00. The van der Waals surface area contributed by atoms with Gasteiger partial charge in [0, 0.05) is 32.0 Å². The molecule has 1 aromatic carbocycles. The van der Waals surface area contributed by atoms with Gasteiger partial charge >= 0.3 is 0 Å². The molecule has 0 radical (unpaired) electrons. The van der Waals surface area contributed by atoms with Gasteiger partial charge in [-0.15, -0.1) is 12.4 Å². The van der Waals surface area contributed by atoms with Crippen LogP contribution in [-0.2, 0) is 11.3 Å². The van der Waals surface area contributed by atoms with Gasteiger partial charge in [-0.05, 0) is 42.1 Å². The molecule has 2 N–H and O–H groups in total. The van der Waals surface area contributed by atoms with Gasteiger partial charge in [0.15, 0.2) is 0 Å². The van der Waals surface area contributed by atoms with Crippen molar-refractivity contribution < 1.29 is 4.74 Å². The molecule has 0 bridgehead atoms. The van der Waals surface area contributed by atoms with Crippen LogP contribution in [0.3, 0.4) is 0 Å². The van der Waals surface area contributed by atoms with Crippen LogP contribution < -0.4 is 5.32 Å². The summed E-state index contributed by atoms with van der Waals surface area (Å²) in [6, 6.07) is 8.60. The zero-order valence-corrected chi connectivity index (χ0v) is 10.8. The van der Waals surface area contributed by atoms with Crippen LogP contribution in [0.15, 0.2) is 30.5 Å². The Morgan fingerprint density at radius 1 is 1.29 bits per heavy atom. The van der Waals surface area contributed by atoms with Gasteiger partial charge in [0.05, 0.1) is 0 Å². The number of nitrogens with one attached hydrogen (secondary N) is 2. The van der Waals surface area contributed by atoms with Crippen LogP contribution in [0.25, 0.3) is 10.9 Å². The Balaban J connectivity index is 0.00000144. The molecule has 3 nitrogen and oxygen atoms in total. The number of aromatic amines is 1. The minimum Gasteiger partial charge on any atom is -0.385 e. The SMILES string of the molecule is COCCCNCc1ccc2[nH]ccc2c1.Cl. The van der Waals surface area contributed by atoms with E-state index in [0.717, 1.165) is 26.1 Å². The van der Waals surface area contributed by atoms with E-state index in [2.05, 4.69) is 34.6 Å². The zero-order valence-electron chi connectivity index (χ0n) is 10.0. The van der Waals surface area contributed by atoms with Crippen LogP contribution in [0.1, 0.15) is 12.0 Å². The second-order valence-electron chi connectivity index (χ2n) is 3.92. The Hall–Kier alpha value is -1.03. The first-order chi connectivity index (χ1) is 7.90. The van der Waals surface area contributed by atoms with Crippen molar-refractivity contribution in [2.24, 2.45) is 0 Å². The number of ether oxygens (including phenoxy) is 1. The van der Waals surface area contributed by atoms with Crippen LogP contribution in [0.4, 0.5) is 0 Å². The summed E-state index contributed by atoms with van der Waals surface area (Å²) in [5.74, 6) is 0. The Kier molecular flexibility index (Phi) is 6.05. The van der Waals surface area contributed by atoms with Crippen molar-refractivity contribution in [3.05, 3.63) is 36.0 Å². The molecule has 0 aliphatic rings. The molecule has 2 rings (SSSR count). The normalized spacial score (nSPS) is 10.4. The molecule has 0 fully saturated rings. The molecule has 94 valence electrons. The maximum absolute atomic E-state index is 5.00. The summed E-state index contributed by atoms with van der Waals surface area (Å²) in [6.07, 6.45) is 3.03. The average molecular weight is 255 g/mol. The monoisotopic (exact) mass is 254 g/mol. The van der Waals surface area contributed by atoms with Gasteiger partial charge in [0.25, 0.3) is 0 Å². The fraction of sp³-hybridized carbons (Fsp3) is 0.385. The summed E-state index contributed by atoms with van der Waals surface area (Å²) in [7, 11) is 1.74. The molecule has 0 amide bonds. The molecular weight excluding hydrogens is 236 g/mol. The predicted molar refractivity (Wildman–Crippen MR) is 73.7 cm³/mol. The third-order valence-electron chi connectivity index (χ3n) is 2.65. The van der Waals surface area contributed by atoms with Crippen LogP contribution in [0, 0.1) is 0 Å². The zero-order chi connectivity index (χ0) is 11.2. The smallest absolute Gasteiger partial charge is 0.0474 e. The first-order valence-electron chi connectivity index (χ1n) is 5.66. The number of hydrogen-bond donors (Lipinski definition) is 2. The van der Waals surface area contributed by atoms with Gasteiger partial charge < -0.3 is 15.0 Å². The van der Waals surface area contributed by atoms with Crippen molar-refractivity contribution in [3.8, 4) is 0 Å². The van der Waals surface area contributed by atoms with E-state index in [1.807, 2.05) is 6.20 Å². The molecule has 4 heteroatoms. The summed E-state index contributed by atoms with van der Waals surface area (Å²) in [5, 5.41) is 4.68. The quantitative estimate of drug-likeness (QED) is 0.778. The van der Waals surface area contributed by atoms with Gasteiger partial charge in [-0.25, -0.2) is 0 Å². The van der Waals surface area contributed by atoms with Crippen molar-refractivity contribution in [3.63, 3.8) is 0 Å². The lowest BCUT2D eigenvalue weighted by Gasteiger charge is -2.04. The number of halogens is 1. The van der Waals surface area contributed by atoms with E-state index in [0.29, 0.717) is 0 Å². The summed E-state index contributed by atoms with van der Waals surface area (Å²) in [6.45, 7) is 2.74. The molecule has 2 aromatic rings. The van der Waals surface area contributed by atoms with E-state index in [-0.39, 0.29) is 12.4 Å². The van der Waals surface area contributed by atoms with Gasteiger partial charge in [0.2, 0.25) is 0 Å². The standard InChI is InChI=1S/C13H18N2O.ClH/c1-16-8-2-6-14-10-11-3-4-13-12(9-11)5-7-15-13;/h3-5,7,9,14-15H,2,6,8,10H2,1H3;1H. The Labute approximate surface area is 108 Å². The fourth-order valence-electron chi connectivity index (χ4n) is 1.79. The molecule has 0 aliphatic carbocycles. The third-order valence-corrected chi connectivity index (χ3v) is 2.65. The van der Waals surface area contributed by atoms with Crippen molar-refractivity contribution in [1.82, 2.24) is 10.3 Å². The lowest BCUT2D eigenvalue weighted by Crippen LogP contribution is -2.15. The summed E-state index contributed by atoms with van der Waals surface area (Å²) in [4.78, 5) is 3.19. The lowest BCUT2D eigenvalue weighted by molar-refractivity contribution is 0.194. The first kappa shape index (κ1) is 14.0. The predicted octanol–water partition coefficient (Wildman–Crippen LogP) is 2.72. The van der Waals surface area contributed by atoms with Crippen LogP contribution in [-0.4, -0.2) is 25.2 Å². The number of methoxy groups -OCH3 is 1. The maximum Gasteiger partial charge on any atom is 0.0474 e. The summed E-state index contributed by atoms with van der Waals surface area (Å²) >= 11 is 0. The summed E-state index contributed by atoms with van der Waals surface area (Å²) in [5.41, 5.74) is 2.52. The molecule has 0 aliphatic heterocycles. The molecular formula is C13H19ClN2O. The Bertz CT molecular complexity index is 442. The van der Waals surface area contributed by atoms with E-state index in [1.165, 1.54) is 16.5 Å². The van der Waals surface area contributed by atoms with E-state index >= 15 is 0 Å². The number of H-pyrrole nitrogens is 1. The van der Waals surface area contributed by atoms with Crippen LogP contribution >= 0.6 is 12.4 Å². The first-order valence-corrected chi connectivity index (χ1v) is 5.66. The number of rotatable bonds is 6. The molecule has 0 saturated heterocycles. The molecule has 17 heavy (non-hydrogen) atoms. The van der Waals surface area contributed by atoms with E-state index in [4.69, 9.17) is 4.74 Å². The molecule has 0 spiro atoms. The van der Waals surface area contributed by atoms with Gasteiger partial charge in [-0.3, -0.25) is 0 Å². The Morgan fingerprint density at radius 2 is 2.18 bits per heavy atom. The molecule has 0 atom stereocenters. The van der Waals surface area contributed by atoms with Crippen molar-refractivity contribution in [2.45, 2.75) is 13.0 Å². The largest absolute Gasteiger partial charge is 0.385 e. The topological polar surface area (TPSA) is 37.0 Å².